The molecule has 4 nitrogen and oxygen atoms in total. The van der Waals surface area contributed by atoms with Gasteiger partial charge in [0.25, 0.3) is 0 Å². The largest absolute Gasteiger partial charge is 0.300 e. The maximum absolute atomic E-state index is 13.2. The molecular weight excluding hydrogens is 364 g/mol. The summed E-state index contributed by atoms with van der Waals surface area (Å²) in [6.07, 6.45) is 1.04. The van der Waals surface area contributed by atoms with Crippen LogP contribution in [0.5, 0.6) is 0 Å². The van der Waals surface area contributed by atoms with Gasteiger partial charge in [-0.2, -0.15) is 4.31 Å². The van der Waals surface area contributed by atoms with Crippen molar-refractivity contribution < 1.29 is 8.42 Å². The fourth-order valence-electron chi connectivity index (χ4n) is 3.48. The van der Waals surface area contributed by atoms with E-state index >= 15 is 0 Å². The first kappa shape index (κ1) is 17.7. The van der Waals surface area contributed by atoms with Crippen LogP contribution >= 0.6 is 11.3 Å². The minimum absolute atomic E-state index is 0.419. The average molecular weight is 387 g/mol. The molecule has 0 bridgehead atoms. The van der Waals surface area contributed by atoms with Gasteiger partial charge in [-0.15, -0.1) is 11.3 Å². The van der Waals surface area contributed by atoms with Crippen LogP contribution < -0.4 is 0 Å². The zero-order chi connectivity index (χ0) is 18.0. The Morgan fingerprint density at radius 2 is 1.65 bits per heavy atom. The summed E-state index contributed by atoms with van der Waals surface area (Å²) < 4.78 is 28.0. The number of rotatable bonds is 5. The molecule has 4 rings (SSSR count). The minimum Gasteiger partial charge on any atom is -0.300 e. The molecule has 3 aromatic rings. The number of sulfonamides is 1. The predicted molar refractivity (Wildman–Crippen MR) is 107 cm³/mol. The fraction of sp³-hybridized carbons (Fsp3) is 0.300. The van der Waals surface area contributed by atoms with Crippen molar-refractivity contribution in [2.75, 3.05) is 32.7 Å². The van der Waals surface area contributed by atoms with E-state index in [1.165, 1.54) is 4.88 Å². The van der Waals surface area contributed by atoms with Gasteiger partial charge in [-0.3, -0.25) is 0 Å². The van der Waals surface area contributed by atoms with Gasteiger partial charge in [0.05, 0.1) is 4.90 Å². The van der Waals surface area contributed by atoms with E-state index in [1.54, 1.807) is 21.7 Å². The third kappa shape index (κ3) is 3.55. The number of benzene rings is 2. The van der Waals surface area contributed by atoms with E-state index in [9.17, 15) is 8.42 Å². The molecule has 26 heavy (non-hydrogen) atoms. The molecule has 2 heterocycles. The molecule has 1 saturated heterocycles. The highest BCUT2D eigenvalue weighted by atomic mass is 32.2. The normalized spacial score (nSPS) is 16.9. The van der Waals surface area contributed by atoms with Crippen molar-refractivity contribution in [3.8, 4) is 0 Å². The van der Waals surface area contributed by atoms with Crippen LogP contribution in [0.25, 0.3) is 10.8 Å². The summed E-state index contributed by atoms with van der Waals surface area (Å²) in [5, 5.41) is 3.86. The van der Waals surface area contributed by atoms with E-state index in [-0.39, 0.29) is 0 Å². The van der Waals surface area contributed by atoms with Crippen molar-refractivity contribution in [1.29, 1.82) is 0 Å². The molecular formula is C20H22N2O2S2. The third-order valence-electron chi connectivity index (χ3n) is 4.95. The standard InChI is InChI=1S/C20H22N2O2S2/c23-26(24,20-9-3-6-17-5-1-2-8-19(17)20)22-14-12-21(13-15-22)11-10-18-7-4-16-25-18/h1-9,16H,10-15H2. The summed E-state index contributed by atoms with van der Waals surface area (Å²) in [4.78, 5) is 4.16. The Morgan fingerprint density at radius 1 is 0.885 bits per heavy atom. The summed E-state index contributed by atoms with van der Waals surface area (Å²) >= 11 is 1.78. The quantitative estimate of drug-likeness (QED) is 0.674. The van der Waals surface area contributed by atoms with E-state index in [4.69, 9.17) is 0 Å². The van der Waals surface area contributed by atoms with Crippen LogP contribution in [-0.2, 0) is 16.4 Å². The fourth-order valence-corrected chi connectivity index (χ4v) is 5.81. The maximum atomic E-state index is 13.2. The van der Waals surface area contributed by atoms with Crippen LogP contribution in [0.2, 0.25) is 0 Å². The molecule has 0 spiro atoms. The SMILES string of the molecule is O=S(=O)(c1cccc2ccccc12)N1CCN(CCc2cccs2)CC1. The first-order chi connectivity index (χ1) is 12.6. The van der Waals surface area contributed by atoms with Gasteiger partial charge in [-0.25, -0.2) is 8.42 Å². The van der Waals surface area contributed by atoms with Gasteiger partial charge in [0.2, 0.25) is 10.0 Å². The summed E-state index contributed by atoms with van der Waals surface area (Å²) in [5.74, 6) is 0. The second kappa shape index (κ2) is 7.48. The van der Waals surface area contributed by atoms with Crippen molar-refractivity contribution in [2.45, 2.75) is 11.3 Å². The van der Waals surface area contributed by atoms with Crippen molar-refractivity contribution >= 4 is 32.1 Å². The second-order valence-electron chi connectivity index (χ2n) is 6.55. The minimum atomic E-state index is -3.46. The Kier molecular flexibility index (Phi) is 5.09. The molecule has 6 heteroatoms. The van der Waals surface area contributed by atoms with Gasteiger partial charge in [0.1, 0.15) is 0 Å². The Hall–Kier alpha value is -1.73. The van der Waals surface area contributed by atoms with E-state index in [2.05, 4.69) is 22.4 Å². The second-order valence-corrected chi connectivity index (χ2v) is 9.49. The first-order valence-electron chi connectivity index (χ1n) is 8.87. The summed E-state index contributed by atoms with van der Waals surface area (Å²) in [6.45, 7) is 3.67. The number of thiophene rings is 1. The average Bonchev–Trinajstić information content (AvgIpc) is 3.20. The van der Waals surface area contributed by atoms with Crippen LogP contribution in [0.4, 0.5) is 0 Å². The number of piperazine rings is 1. The number of hydrogen-bond acceptors (Lipinski definition) is 4. The lowest BCUT2D eigenvalue weighted by atomic mass is 10.1. The molecule has 0 radical (unpaired) electrons. The van der Waals surface area contributed by atoms with Crippen LogP contribution in [0.3, 0.4) is 0 Å². The molecule has 2 aromatic carbocycles. The van der Waals surface area contributed by atoms with Crippen molar-refractivity contribution in [3.63, 3.8) is 0 Å². The molecule has 0 atom stereocenters. The number of nitrogens with zero attached hydrogens (tertiary/aromatic N) is 2. The smallest absolute Gasteiger partial charge is 0.243 e. The Balaban J connectivity index is 1.46. The molecule has 0 amide bonds. The molecule has 0 N–H and O–H groups in total. The summed E-state index contributed by atoms with van der Waals surface area (Å²) in [6, 6.07) is 17.4. The molecule has 1 aliphatic heterocycles. The zero-order valence-electron chi connectivity index (χ0n) is 14.5. The molecule has 0 saturated carbocycles. The van der Waals surface area contributed by atoms with Crippen LogP contribution in [0, 0.1) is 0 Å². The van der Waals surface area contributed by atoms with Crippen molar-refractivity contribution in [2.24, 2.45) is 0 Å². The highest BCUT2D eigenvalue weighted by molar-refractivity contribution is 7.89. The van der Waals surface area contributed by atoms with Gasteiger partial charge in [0, 0.05) is 43.0 Å². The Labute approximate surface area is 158 Å². The molecule has 0 unspecified atom stereocenters. The van der Waals surface area contributed by atoms with Crippen LogP contribution in [-0.4, -0.2) is 50.3 Å². The van der Waals surface area contributed by atoms with E-state index < -0.39 is 10.0 Å². The molecule has 0 aliphatic carbocycles. The number of fused-ring (bicyclic) bond motifs is 1. The van der Waals surface area contributed by atoms with E-state index in [0.29, 0.717) is 18.0 Å². The lowest BCUT2D eigenvalue weighted by molar-refractivity contribution is 0.190. The van der Waals surface area contributed by atoms with Gasteiger partial charge >= 0.3 is 0 Å². The Morgan fingerprint density at radius 3 is 2.42 bits per heavy atom. The highest BCUT2D eigenvalue weighted by Crippen LogP contribution is 2.26. The number of hydrogen-bond donors (Lipinski definition) is 0. The molecule has 136 valence electrons. The highest BCUT2D eigenvalue weighted by Gasteiger charge is 2.29. The van der Waals surface area contributed by atoms with Crippen molar-refractivity contribution in [1.82, 2.24) is 9.21 Å². The van der Waals surface area contributed by atoms with Crippen LogP contribution in [0.1, 0.15) is 4.88 Å². The first-order valence-corrected chi connectivity index (χ1v) is 11.2. The van der Waals surface area contributed by atoms with Crippen molar-refractivity contribution in [3.05, 3.63) is 64.9 Å². The maximum Gasteiger partial charge on any atom is 0.243 e. The molecule has 1 aliphatic rings. The molecule has 1 fully saturated rings. The zero-order valence-corrected chi connectivity index (χ0v) is 16.2. The topological polar surface area (TPSA) is 40.6 Å². The summed E-state index contributed by atoms with van der Waals surface area (Å²) in [5.41, 5.74) is 0. The predicted octanol–water partition coefficient (Wildman–Crippen LogP) is 3.45. The molecule has 1 aromatic heterocycles. The lowest BCUT2D eigenvalue weighted by Gasteiger charge is -2.34. The lowest BCUT2D eigenvalue weighted by Crippen LogP contribution is -2.49. The van der Waals surface area contributed by atoms with E-state index in [1.807, 2.05) is 36.4 Å². The van der Waals surface area contributed by atoms with E-state index in [0.717, 1.165) is 36.8 Å². The van der Waals surface area contributed by atoms with Gasteiger partial charge in [0.15, 0.2) is 0 Å². The monoisotopic (exact) mass is 386 g/mol. The van der Waals surface area contributed by atoms with Gasteiger partial charge in [-0.1, -0.05) is 42.5 Å². The summed E-state index contributed by atoms with van der Waals surface area (Å²) in [7, 11) is -3.46. The van der Waals surface area contributed by atoms with Gasteiger partial charge < -0.3 is 4.90 Å². The van der Waals surface area contributed by atoms with Gasteiger partial charge in [-0.05, 0) is 29.3 Å². The van der Waals surface area contributed by atoms with Crippen LogP contribution in [0.15, 0.2) is 64.9 Å². The third-order valence-corrected chi connectivity index (χ3v) is 7.85. The Bertz CT molecular complexity index is 971.